The lowest BCUT2D eigenvalue weighted by molar-refractivity contribution is -0.145. The Bertz CT molecular complexity index is 1120. The minimum atomic E-state index is -0.955. The van der Waals surface area contributed by atoms with E-state index in [2.05, 4.69) is 15.6 Å². The van der Waals surface area contributed by atoms with Gasteiger partial charge in [-0.2, -0.15) is 0 Å². The van der Waals surface area contributed by atoms with Crippen LogP contribution in [0.5, 0.6) is 0 Å². The summed E-state index contributed by atoms with van der Waals surface area (Å²) in [6, 6.07) is 12.8. The molecule has 1 aromatic heterocycles. The number of benzene rings is 1. The molecule has 1 aromatic carbocycles. The van der Waals surface area contributed by atoms with Gasteiger partial charge < -0.3 is 20.3 Å². The molecule has 2 heterocycles. The molecule has 4 rings (SSSR count). The smallest absolute Gasteiger partial charge is 0.407 e. The Kier molecular flexibility index (Phi) is 7.97. The maximum atomic E-state index is 13.3. The van der Waals surface area contributed by atoms with Crippen molar-refractivity contribution in [3.8, 4) is 0 Å². The number of likely N-dealkylation sites (tertiary alicyclic amines) is 1. The van der Waals surface area contributed by atoms with Crippen molar-refractivity contribution in [2.24, 2.45) is 0 Å². The second kappa shape index (κ2) is 11.3. The molecule has 3 atom stereocenters. The summed E-state index contributed by atoms with van der Waals surface area (Å²) < 4.78 is 5.27. The van der Waals surface area contributed by atoms with Crippen molar-refractivity contribution in [3.05, 3.63) is 65.5 Å². The predicted molar refractivity (Wildman–Crippen MR) is 132 cm³/mol. The number of hydrogen-bond donors (Lipinski definition) is 2. The third kappa shape index (κ3) is 6.47. The number of nitrogens with one attached hydrogen (secondary N) is 2. The average Bonchev–Trinajstić information content (AvgIpc) is 3.62. The number of rotatable bonds is 10. The first kappa shape index (κ1) is 25.3. The molecule has 1 aliphatic carbocycles. The van der Waals surface area contributed by atoms with E-state index in [1.165, 1.54) is 4.90 Å². The lowest BCUT2D eigenvalue weighted by Gasteiger charge is -2.30. The third-order valence-electron chi connectivity index (χ3n) is 6.48. The Morgan fingerprint density at radius 2 is 1.83 bits per heavy atom. The van der Waals surface area contributed by atoms with E-state index in [1.807, 2.05) is 62.4 Å². The molecule has 9 heteroatoms. The lowest BCUT2D eigenvalue weighted by Crippen LogP contribution is -2.53. The van der Waals surface area contributed by atoms with Crippen molar-refractivity contribution in [1.82, 2.24) is 20.5 Å². The molecule has 3 amide bonds. The summed E-state index contributed by atoms with van der Waals surface area (Å²) in [4.78, 5) is 57.4. The van der Waals surface area contributed by atoms with Crippen LogP contribution in [-0.2, 0) is 32.0 Å². The van der Waals surface area contributed by atoms with Gasteiger partial charge in [-0.05, 0) is 50.8 Å². The Hall–Kier alpha value is -3.75. The molecule has 2 fully saturated rings. The van der Waals surface area contributed by atoms with E-state index in [9.17, 15) is 19.2 Å². The standard InChI is InChI=1S/C27H32N4O5/c1-17-7-6-10-20(28-17)13-14-36-27(35)30-22-15-18(2)31(26(22)34)23(16-19-8-4-3-5-9-19)24(32)25(33)29-21-11-12-21/h3-10,18,21-23H,11-16H2,1-2H3,(H,29,33)(H,30,35)/t18?,22-,23-/m0/s1. The number of Topliss-reactive ketones (excluding diaryl/α,β-unsaturated/α-hetero) is 1. The van der Waals surface area contributed by atoms with Gasteiger partial charge in [-0.1, -0.05) is 36.4 Å². The van der Waals surface area contributed by atoms with E-state index in [0.29, 0.717) is 12.8 Å². The monoisotopic (exact) mass is 492 g/mol. The maximum Gasteiger partial charge on any atom is 0.407 e. The molecule has 2 N–H and O–H groups in total. The van der Waals surface area contributed by atoms with E-state index in [-0.39, 0.29) is 25.1 Å². The van der Waals surface area contributed by atoms with Crippen LogP contribution in [0.2, 0.25) is 0 Å². The number of carbonyl (C=O) groups is 4. The molecular weight excluding hydrogens is 460 g/mol. The zero-order chi connectivity index (χ0) is 25.7. The van der Waals surface area contributed by atoms with Gasteiger partial charge in [0, 0.05) is 36.3 Å². The number of alkyl carbamates (subject to hydrolysis) is 1. The highest BCUT2D eigenvalue weighted by atomic mass is 16.5. The maximum absolute atomic E-state index is 13.3. The largest absolute Gasteiger partial charge is 0.449 e. The van der Waals surface area contributed by atoms with Gasteiger partial charge in [0.25, 0.3) is 5.91 Å². The van der Waals surface area contributed by atoms with Crippen molar-refractivity contribution in [1.29, 1.82) is 0 Å². The van der Waals surface area contributed by atoms with E-state index in [1.54, 1.807) is 0 Å². The van der Waals surface area contributed by atoms with Crippen LogP contribution in [0.3, 0.4) is 0 Å². The molecule has 36 heavy (non-hydrogen) atoms. The number of carbonyl (C=O) groups excluding carboxylic acids is 4. The van der Waals surface area contributed by atoms with Gasteiger partial charge >= 0.3 is 6.09 Å². The fourth-order valence-electron chi connectivity index (χ4n) is 4.50. The number of ether oxygens (including phenoxy) is 1. The summed E-state index contributed by atoms with van der Waals surface area (Å²) in [5.41, 5.74) is 2.54. The molecule has 2 aromatic rings. The molecule has 0 bridgehead atoms. The second-order valence-electron chi connectivity index (χ2n) is 9.50. The van der Waals surface area contributed by atoms with E-state index >= 15 is 0 Å². The van der Waals surface area contributed by atoms with E-state index in [4.69, 9.17) is 4.74 Å². The summed E-state index contributed by atoms with van der Waals surface area (Å²) in [6.45, 7) is 3.83. The highest BCUT2D eigenvalue weighted by Gasteiger charge is 2.45. The highest BCUT2D eigenvalue weighted by Crippen LogP contribution is 2.25. The van der Waals surface area contributed by atoms with Gasteiger partial charge in [0.05, 0.1) is 6.61 Å². The van der Waals surface area contributed by atoms with Crippen LogP contribution in [0.15, 0.2) is 48.5 Å². The topological polar surface area (TPSA) is 118 Å². The molecule has 190 valence electrons. The Labute approximate surface area is 210 Å². The summed E-state index contributed by atoms with van der Waals surface area (Å²) in [6.07, 6.45) is 2.00. The number of ketones is 1. The predicted octanol–water partition coefficient (Wildman–Crippen LogP) is 2.11. The molecule has 0 spiro atoms. The van der Waals surface area contributed by atoms with Gasteiger partial charge in [0.2, 0.25) is 11.7 Å². The summed E-state index contributed by atoms with van der Waals surface area (Å²) in [5.74, 6) is -1.70. The number of pyridine rings is 1. The Morgan fingerprint density at radius 3 is 2.53 bits per heavy atom. The molecule has 1 aliphatic heterocycles. The zero-order valence-corrected chi connectivity index (χ0v) is 20.6. The number of aryl methyl sites for hydroxylation is 1. The van der Waals surface area contributed by atoms with Crippen molar-refractivity contribution in [2.75, 3.05) is 6.61 Å². The molecule has 1 saturated heterocycles. The first-order valence-corrected chi connectivity index (χ1v) is 12.4. The average molecular weight is 493 g/mol. The number of nitrogens with zero attached hydrogens (tertiary/aromatic N) is 2. The van der Waals surface area contributed by atoms with Gasteiger partial charge in [-0.25, -0.2) is 4.79 Å². The van der Waals surface area contributed by atoms with Crippen molar-refractivity contribution in [3.63, 3.8) is 0 Å². The van der Waals surface area contributed by atoms with Crippen LogP contribution < -0.4 is 10.6 Å². The summed E-state index contributed by atoms with van der Waals surface area (Å²) in [7, 11) is 0. The van der Waals surface area contributed by atoms with Crippen LogP contribution in [0.1, 0.15) is 43.1 Å². The van der Waals surface area contributed by atoms with Crippen LogP contribution >= 0.6 is 0 Å². The fourth-order valence-corrected chi connectivity index (χ4v) is 4.50. The normalized spacial score (nSPS) is 20.1. The van der Waals surface area contributed by atoms with Crippen LogP contribution in [0.4, 0.5) is 4.79 Å². The molecule has 1 unspecified atom stereocenters. The Morgan fingerprint density at radius 1 is 1.08 bits per heavy atom. The number of hydrogen-bond acceptors (Lipinski definition) is 6. The third-order valence-corrected chi connectivity index (χ3v) is 6.48. The molecular formula is C27H32N4O5. The van der Waals surface area contributed by atoms with Crippen LogP contribution in [0, 0.1) is 6.92 Å². The van der Waals surface area contributed by atoms with E-state index in [0.717, 1.165) is 29.8 Å². The number of aromatic nitrogens is 1. The van der Waals surface area contributed by atoms with Crippen molar-refractivity contribution < 1.29 is 23.9 Å². The van der Waals surface area contributed by atoms with Crippen LogP contribution in [0.25, 0.3) is 0 Å². The lowest BCUT2D eigenvalue weighted by atomic mass is 9.99. The van der Waals surface area contributed by atoms with Crippen LogP contribution in [-0.4, -0.2) is 64.3 Å². The quantitative estimate of drug-likeness (QED) is 0.491. The first-order valence-electron chi connectivity index (χ1n) is 12.4. The summed E-state index contributed by atoms with van der Waals surface area (Å²) in [5, 5.41) is 5.37. The Balaban J connectivity index is 1.39. The highest BCUT2D eigenvalue weighted by molar-refractivity contribution is 6.38. The first-order chi connectivity index (χ1) is 17.3. The van der Waals surface area contributed by atoms with Crippen molar-refractivity contribution in [2.45, 2.75) is 70.1 Å². The molecule has 9 nitrogen and oxygen atoms in total. The minimum Gasteiger partial charge on any atom is -0.449 e. The van der Waals surface area contributed by atoms with Gasteiger partial charge in [-0.15, -0.1) is 0 Å². The molecule has 0 radical (unpaired) electrons. The summed E-state index contributed by atoms with van der Waals surface area (Å²) >= 11 is 0. The van der Waals surface area contributed by atoms with Gasteiger partial charge in [0.1, 0.15) is 12.1 Å². The van der Waals surface area contributed by atoms with Gasteiger partial charge in [0.15, 0.2) is 0 Å². The SMILES string of the molecule is Cc1cccc(CCOC(=O)N[C@H]2CC(C)N([C@@H](Cc3ccccc3)C(=O)C(=O)NC3CC3)C2=O)n1. The van der Waals surface area contributed by atoms with Gasteiger partial charge in [-0.3, -0.25) is 19.4 Å². The number of amides is 3. The van der Waals surface area contributed by atoms with Crippen molar-refractivity contribution >= 4 is 23.7 Å². The molecule has 1 saturated carbocycles. The second-order valence-corrected chi connectivity index (χ2v) is 9.50. The fraction of sp³-hybridized carbons (Fsp3) is 0.444. The zero-order valence-electron chi connectivity index (χ0n) is 20.6. The van der Waals surface area contributed by atoms with E-state index < -0.39 is 35.8 Å². The molecule has 2 aliphatic rings. The minimum absolute atomic E-state index is 0.0321.